The van der Waals surface area contributed by atoms with E-state index in [9.17, 15) is 20.4 Å². The molecule has 0 amide bonds. The highest BCUT2D eigenvalue weighted by Crippen LogP contribution is 2.59. The van der Waals surface area contributed by atoms with Gasteiger partial charge in [-0.05, 0) is 11.1 Å². The molecular formula is C19H21NO5. The summed E-state index contributed by atoms with van der Waals surface area (Å²) in [6.07, 6.45) is -2.64. The van der Waals surface area contributed by atoms with Crippen LogP contribution in [0, 0.1) is 0 Å². The number of hydrogen-bond acceptors (Lipinski definition) is 6. The molecule has 6 heteroatoms. The van der Waals surface area contributed by atoms with Crippen molar-refractivity contribution in [3.63, 3.8) is 0 Å². The largest absolute Gasteiger partial charge is 0.392 e. The maximum absolute atomic E-state index is 10.5. The Bertz CT molecular complexity index is 680. The third kappa shape index (κ3) is 2.07. The first-order valence-corrected chi connectivity index (χ1v) is 8.28. The van der Waals surface area contributed by atoms with Crippen molar-refractivity contribution >= 4 is 0 Å². The molecule has 0 aliphatic carbocycles. The van der Waals surface area contributed by atoms with Crippen molar-refractivity contribution in [3.8, 4) is 0 Å². The number of aliphatic hydroxyl groups excluding tert-OH is 4. The highest BCUT2D eigenvalue weighted by molar-refractivity contribution is 5.36. The molecule has 3 aliphatic heterocycles. The van der Waals surface area contributed by atoms with Gasteiger partial charge in [-0.25, -0.2) is 4.90 Å². The van der Waals surface area contributed by atoms with Crippen molar-refractivity contribution in [1.29, 1.82) is 0 Å². The summed E-state index contributed by atoms with van der Waals surface area (Å²) in [5.74, 6) is 0. The van der Waals surface area contributed by atoms with Crippen LogP contribution in [0.25, 0.3) is 0 Å². The molecule has 5 rings (SSSR count). The molecule has 3 saturated heterocycles. The second-order valence-corrected chi connectivity index (χ2v) is 6.59. The third-order valence-electron chi connectivity index (χ3n) is 5.33. The number of rotatable bonds is 5. The van der Waals surface area contributed by atoms with E-state index in [4.69, 9.17) is 4.74 Å². The van der Waals surface area contributed by atoms with Crippen LogP contribution in [-0.4, -0.2) is 62.2 Å². The third-order valence-corrected chi connectivity index (χ3v) is 5.33. The summed E-state index contributed by atoms with van der Waals surface area (Å²) in [7, 11) is 0. The summed E-state index contributed by atoms with van der Waals surface area (Å²) in [6.45, 7) is -0.994. The molecule has 0 saturated carbocycles. The Kier molecular flexibility index (Phi) is 3.92. The lowest BCUT2D eigenvalue weighted by Gasteiger charge is -2.59. The number of ether oxygens (including phenoxy) is 1. The van der Waals surface area contributed by atoms with Crippen LogP contribution in [0.1, 0.15) is 17.2 Å². The molecule has 2 aromatic carbocycles. The lowest BCUT2D eigenvalue weighted by atomic mass is 9.92. The maximum atomic E-state index is 10.5. The van der Waals surface area contributed by atoms with Gasteiger partial charge in [-0.1, -0.05) is 60.7 Å². The number of hydrogen-bond donors (Lipinski definition) is 4. The molecule has 2 bridgehead atoms. The average molecular weight is 343 g/mol. The smallest absolute Gasteiger partial charge is 0.179 e. The fourth-order valence-corrected chi connectivity index (χ4v) is 4.19. The van der Waals surface area contributed by atoms with Gasteiger partial charge in [-0.15, -0.1) is 0 Å². The Morgan fingerprint density at radius 1 is 0.800 bits per heavy atom. The molecule has 3 aliphatic rings. The van der Waals surface area contributed by atoms with Crippen LogP contribution in [0.5, 0.6) is 0 Å². The van der Waals surface area contributed by atoms with E-state index >= 15 is 0 Å². The van der Waals surface area contributed by atoms with Gasteiger partial charge in [0.1, 0.15) is 12.2 Å². The minimum Gasteiger partial charge on any atom is -0.392 e. The number of benzene rings is 2. The van der Waals surface area contributed by atoms with E-state index in [0.717, 1.165) is 11.1 Å². The Hall–Kier alpha value is -1.80. The maximum Gasteiger partial charge on any atom is 0.179 e. The van der Waals surface area contributed by atoms with Crippen LogP contribution in [0.4, 0.5) is 0 Å². The standard InChI is InChI=1S/C19H21NO5/c21-11-18-16(23)17(24)19(12-22,25-18)20(18)15(13-7-3-1-4-8-13)14-9-5-2-6-10-14/h1-10,15-17,21-24H,11-12H2/t16-,17-,18-,19+/m0/s1. The average Bonchev–Trinajstić information content (AvgIpc) is 2.99. The predicted octanol–water partition coefficient (Wildman–Crippen LogP) is 0.221. The van der Waals surface area contributed by atoms with Crippen molar-refractivity contribution in [1.82, 2.24) is 4.90 Å². The van der Waals surface area contributed by atoms with Crippen molar-refractivity contribution in [3.05, 3.63) is 71.8 Å². The molecule has 3 heterocycles. The summed E-state index contributed by atoms with van der Waals surface area (Å²) >= 11 is 0. The van der Waals surface area contributed by atoms with Crippen LogP contribution < -0.4 is 0 Å². The minimum atomic E-state index is -1.45. The van der Waals surface area contributed by atoms with Crippen LogP contribution in [-0.2, 0) is 4.74 Å². The summed E-state index contributed by atoms with van der Waals surface area (Å²) in [5, 5.41) is 40.9. The van der Waals surface area contributed by atoms with Gasteiger partial charge >= 0.3 is 0 Å². The molecule has 0 unspecified atom stereocenters. The lowest BCUT2D eigenvalue weighted by Crippen LogP contribution is -2.76. The predicted molar refractivity (Wildman–Crippen MR) is 89.3 cm³/mol. The summed E-state index contributed by atoms with van der Waals surface area (Å²) in [5.41, 5.74) is -1.07. The number of aliphatic hydroxyl groups is 4. The Balaban J connectivity index is 1.88. The van der Waals surface area contributed by atoms with Crippen molar-refractivity contribution in [2.45, 2.75) is 29.7 Å². The van der Waals surface area contributed by atoms with Gasteiger partial charge in [0.25, 0.3) is 0 Å². The fraction of sp³-hybridized carbons (Fsp3) is 0.368. The van der Waals surface area contributed by atoms with Crippen LogP contribution in [0.15, 0.2) is 60.7 Å². The first-order chi connectivity index (χ1) is 12.1. The van der Waals surface area contributed by atoms with Gasteiger partial charge in [-0.3, -0.25) is 0 Å². The van der Waals surface area contributed by atoms with Gasteiger partial charge in [0.2, 0.25) is 0 Å². The fourth-order valence-electron chi connectivity index (χ4n) is 4.19. The Labute approximate surface area is 145 Å². The van der Waals surface area contributed by atoms with E-state index in [2.05, 4.69) is 0 Å². The molecular weight excluding hydrogens is 322 g/mol. The molecule has 2 aromatic rings. The molecule has 3 fully saturated rings. The highest BCUT2D eigenvalue weighted by atomic mass is 16.7. The van der Waals surface area contributed by atoms with Gasteiger partial charge < -0.3 is 25.2 Å². The molecule has 25 heavy (non-hydrogen) atoms. The van der Waals surface area contributed by atoms with Crippen molar-refractivity contribution in [2.24, 2.45) is 0 Å². The summed E-state index contributed by atoms with van der Waals surface area (Å²) < 4.78 is 5.71. The molecule has 132 valence electrons. The molecule has 0 radical (unpaired) electrons. The summed E-state index contributed by atoms with van der Waals surface area (Å²) in [6, 6.07) is 18.7. The van der Waals surface area contributed by atoms with Crippen molar-refractivity contribution in [2.75, 3.05) is 13.2 Å². The van der Waals surface area contributed by atoms with Crippen LogP contribution >= 0.6 is 0 Å². The Morgan fingerprint density at radius 3 is 1.56 bits per heavy atom. The van der Waals surface area contributed by atoms with Crippen molar-refractivity contribution < 1.29 is 25.2 Å². The quantitative estimate of drug-likeness (QED) is 0.621. The van der Waals surface area contributed by atoms with Crippen LogP contribution in [0.2, 0.25) is 0 Å². The van der Waals surface area contributed by atoms with E-state index in [-0.39, 0.29) is 0 Å². The van der Waals surface area contributed by atoms with E-state index in [1.165, 1.54) is 0 Å². The van der Waals surface area contributed by atoms with Gasteiger partial charge in [-0.2, -0.15) is 0 Å². The number of fused-ring (bicyclic) bond motifs is 1. The second-order valence-electron chi connectivity index (χ2n) is 6.59. The molecule has 0 spiro atoms. The van der Waals surface area contributed by atoms with Gasteiger partial charge in [0.05, 0.1) is 19.3 Å². The first kappa shape index (κ1) is 16.7. The van der Waals surface area contributed by atoms with E-state index < -0.39 is 42.9 Å². The second kappa shape index (κ2) is 5.88. The zero-order valence-corrected chi connectivity index (χ0v) is 13.6. The molecule has 4 atom stereocenters. The Morgan fingerprint density at radius 2 is 1.20 bits per heavy atom. The molecule has 4 N–H and O–H groups in total. The van der Waals surface area contributed by atoms with E-state index in [1.807, 2.05) is 60.7 Å². The highest BCUT2D eigenvalue weighted by Gasteiger charge is 2.80. The topological polar surface area (TPSA) is 93.4 Å². The van der Waals surface area contributed by atoms with E-state index in [0.29, 0.717) is 0 Å². The monoisotopic (exact) mass is 343 g/mol. The molecule has 0 aromatic heterocycles. The lowest BCUT2D eigenvalue weighted by molar-refractivity contribution is -0.412. The zero-order valence-electron chi connectivity index (χ0n) is 13.6. The molecule has 6 nitrogen and oxygen atoms in total. The SMILES string of the molecule is OC[C@]12O[C@](CO)([C@@H](O)[C@@H]1O)N2C(c1ccccc1)c1ccccc1. The van der Waals surface area contributed by atoms with E-state index in [1.54, 1.807) is 4.90 Å². The van der Waals surface area contributed by atoms with Gasteiger partial charge in [0, 0.05) is 0 Å². The van der Waals surface area contributed by atoms with Gasteiger partial charge in [0.15, 0.2) is 11.4 Å². The van der Waals surface area contributed by atoms with Crippen LogP contribution in [0.3, 0.4) is 0 Å². The zero-order chi connectivity index (χ0) is 17.7. The first-order valence-electron chi connectivity index (χ1n) is 8.28. The minimum absolute atomic E-state index is 0.401. The number of nitrogens with zero attached hydrogens (tertiary/aromatic N) is 1. The summed E-state index contributed by atoms with van der Waals surface area (Å²) in [4.78, 5) is 1.71. The normalized spacial score (nSPS) is 34.3.